The van der Waals surface area contributed by atoms with Crippen LogP contribution in [0.1, 0.15) is 29.3 Å². The summed E-state index contributed by atoms with van der Waals surface area (Å²) < 4.78 is 10.5. The molecule has 6 heteroatoms. The Morgan fingerprint density at radius 2 is 1.74 bits per heavy atom. The number of carbonyl (C=O) groups is 2. The van der Waals surface area contributed by atoms with Crippen molar-refractivity contribution in [2.24, 2.45) is 0 Å². The van der Waals surface area contributed by atoms with Gasteiger partial charge in [0.05, 0.1) is 24.8 Å². The second kappa shape index (κ2) is 9.78. The van der Waals surface area contributed by atoms with Gasteiger partial charge in [-0.2, -0.15) is 5.26 Å². The summed E-state index contributed by atoms with van der Waals surface area (Å²) >= 11 is 0. The van der Waals surface area contributed by atoms with Gasteiger partial charge in [-0.25, -0.2) is 4.79 Å². The third-order valence-corrected chi connectivity index (χ3v) is 3.53. The average molecular weight is 364 g/mol. The highest BCUT2D eigenvalue weighted by Gasteiger charge is 2.07. The zero-order chi connectivity index (χ0) is 19.6. The fourth-order valence-corrected chi connectivity index (χ4v) is 2.07. The predicted octanol–water partition coefficient (Wildman–Crippen LogP) is 3.70. The van der Waals surface area contributed by atoms with Crippen molar-refractivity contribution < 1.29 is 19.1 Å². The minimum atomic E-state index is -0.410. The number of rotatable bonds is 8. The van der Waals surface area contributed by atoms with Crippen LogP contribution in [-0.2, 0) is 9.53 Å². The second-order valence-corrected chi connectivity index (χ2v) is 5.79. The number of nitriles is 1. The number of amides is 1. The maximum atomic E-state index is 12.2. The molecule has 0 aliphatic heterocycles. The highest BCUT2D eigenvalue weighted by molar-refractivity contribution is 6.04. The Morgan fingerprint density at radius 1 is 1.07 bits per heavy atom. The van der Waals surface area contributed by atoms with Gasteiger partial charge >= 0.3 is 5.97 Å². The van der Waals surface area contributed by atoms with Crippen molar-refractivity contribution in [2.45, 2.75) is 13.3 Å². The molecule has 0 bridgehead atoms. The third kappa shape index (κ3) is 6.33. The van der Waals surface area contributed by atoms with E-state index in [1.54, 1.807) is 55.5 Å². The van der Waals surface area contributed by atoms with E-state index in [1.165, 1.54) is 0 Å². The van der Waals surface area contributed by atoms with Crippen molar-refractivity contribution in [3.63, 3.8) is 0 Å². The number of anilines is 1. The average Bonchev–Trinajstić information content (AvgIpc) is 2.68. The molecule has 0 heterocycles. The molecule has 0 spiro atoms. The van der Waals surface area contributed by atoms with E-state index in [0.717, 1.165) is 0 Å². The Labute approximate surface area is 158 Å². The highest BCUT2D eigenvalue weighted by atomic mass is 16.5. The Balaban J connectivity index is 1.78. The number of esters is 1. The van der Waals surface area contributed by atoms with Crippen LogP contribution in [0.15, 0.2) is 60.7 Å². The summed E-state index contributed by atoms with van der Waals surface area (Å²) in [5.74, 6) is -0.0401. The summed E-state index contributed by atoms with van der Waals surface area (Å²) in [4.78, 5) is 23.5. The fraction of sp³-hybridized carbons (Fsp3) is 0.190. The van der Waals surface area contributed by atoms with Crippen LogP contribution in [0.5, 0.6) is 5.75 Å². The maximum absolute atomic E-state index is 12.2. The van der Waals surface area contributed by atoms with Gasteiger partial charge in [-0.05, 0) is 55.5 Å². The van der Waals surface area contributed by atoms with E-state index in [1.807, 2.05) is 6.07 Å². The molecule has 0 unspecified atom stereocenters. The molecule has 2 aromatic rings. The number of nitrogens with zero attached hydrogens (tertiary/aromatic N) is 1. The standard InChI is InChI=1S/C21H20N2O4/c1-15(2)21(25)27-13-3-12-26-19-10-6-17(7-11-19)20(24)23-18-8-4-16(14-22)5-9-18/h4-11H,1,3,12-13H2,2H3,(H,23,24). The highest BCUT2D eigenvalue weighted by Crippen LogP contribution is 2.15. The maximum Gasteiger partial charge on any atom is 0.333 e. The molecular weight excluding hydrogens is 344 g/mol. The van der Waals surface area contributed by atoms with E-state index >= 15 is 0 Å². The number of hydrogen-bond acceptors (Lipinski definition) is 5. The van der Waals surface area contributed by atoms with Crippen molar-refractivity contribution in [1.29, 1.82) is 5.26 Å². The van der Waals surface area contributed by atoms with Gasteiger partial charge in [0.1, 0.15) is 5.75 Å². The molecule has 0 saturated carbocycles. The number of nitrogens with one attached hydrogen (secondary N) is 1. The molecule has 27 heavy (non-hydrogen) atoms. The van der Waals surface area contributed by atoms with E-state index in [9.17, 15) is 9.59 Å². The lowest BCUT2D eigenvalue weighted by molar-refractivity contribution is -0.139. The zero-order valence-corrected chi connectivity index (χ0v) is 15.0. The van der Waals surface area contributed by atoms with E-state index < -0.39 is 5.97 Å². The second-order valence-electron chi connectivity index (χ2n) is 5.79. The molecule has 2 aromatic carbocycles. The normalized spacial score (nSPS) is 9.78. The first-order valence-corrected chi connectivity index (χ1v) is 8.36. The molecule has 1 N–H and O–H groups in total. The van der Waals surface area contributed by atoms with Crippen LogP contribution in [0.3, 0.4) is 0 Å². The Hall–Kier alpha value is -3.59. The lowest BCUT2D eigenvalue weighted by Gasteiger charge is -2.08. The van der Waals surface area contributed by atoms with Gasteiger partial charge in [0.25, 0.3) is 5.91 Å². The van der Waals surface area contributed by atoms with Crippen LogP contribution >= 0.6 is 0 Å². The minimum absolute atomic E-state index is 0.252. The lowest BCUT2D eigenvalue weighted by Crippen LogP contribution is -2.12. The first-order chi connectivity index (χ1) is 13.0. The van der Waals surface area contributed by atoms with E-state index in [2.05, 4.69) is 11.9 Å². The van der Waals surface area contributed by atoms with Gasteiger partial charge in [-0.1, -0.05) is 6.58 Å². The topological polar surface area (TPSA) is 88.4 Å². The summed E-state index contributed by atoms with van der Waals surface area (Å²) in [5, 5.41) is 11.5. The number of benzene rings is 2. The van der Waals surface area contributed by atoms with Gasteiger partial charge in [0.2, 0.25) is 0 Å². The van der Waals surface area contributed by atoms with Gasteiger partial charge in [-0.3, -0.25) is 4.79 Å². The third-order valence-electron chi connectivity index (χ3n) is 3.53. The minimum Gasteiger partial charge on any atom is -0.493 e. The Kier molecular flexibility index (Phi) is 7.15. The van der Waals surface area contributed by atoms with Crippen LogP contribution in [0.25, 0.3) is 0 Å². The van der Waals surface area contributed by atoms with Crippen LogP contribution in [0.4, 0.5) is 5.69 Å². The van der Waals surface area contributed by atoms with E-state index in [4.69, 9.17) is 14.7 Å². The monoisotopic (exact) mass is 364 g/mol. The van der Waals surface area contributed by atoms with Crippen LogP contribution in [0.2, 0.25) is 0 Å². The molecule has 0 fully saturated rings. The molecule has 0 radical (unpaired) electrons. The largest absolute Gasteiger partial charge is 0.493 e. The zero-order valence-electron chi connectivity index (χ0n) is 15.0. The summed E-state index contributed by atoms with van der Waals surface area (Å²) in [6.07, 6.45) is 0.556. The Bertz CT molecular complexity index is 849. The van der Waals surface area contributed by atoms with Crippen molar-refractivity contribution in [3.8, 4) is 11.8 Å². The van der Waals surface area contributed by atoms with E-state index in [0.29, 0.717) is 41.2 Å². The molecule has 138 valence electrons. The summed E-state index contributed by atoms with van der Waals surface area (Å²) in [7, 11) is 0. The number of ether oxygens (including phenoxy) is 2. The van der Waals surface area contributed by atoms with Gasteiger partial charge in [0.15, 0.2) is 0 Å². The molecular formula is C21H20N2O4. The summed E-state index contributed by atoms with van der Waals surface area (Å²) in [5.41, 5.74) is 2.00. The predicted molar refractivity (Wildman–Crippen MR) is 101 cm³/mol. The molecule has 6 nitrogen and oxygen atoms in total. The smallest absolute Gasteiger partial charge is 0.333 e. The molecule has 0 saturated heterocycles. The van der Waals surface area contributed by atoms with Crippen molar-refractivity contribution in [2.75, 3.05) is 18.5 Å². The quantitative estimate of drug-likeness (QED) is 0.438. The lowest BCUT2D eigenvalue weighted by atomic mass is 10.2. The van der Waals surface area contributed by atoms with Gasteiger partial charge < -0.3 is 14.8 Å². The first kappa shape index (κ1) is 19.7. The van der Waals surface area contributed by atoms with Crippen molar-refractivity contribution in [1.82, 2.24) is 0 Å². The van der Waals surface area contributed by atoms with Crippen LogP contribution in [-0.4, -0.2) is 25.1 Å². The summed E-state index contributed by atoms with van der Waals surface area (Å²) in [6.45, 7) is 5.75. The fourth-order valence-electron chi connectivity index (χ4n) is 2.07. The van der Waals surface area contributed by atoms with Crippen molar-refractivity contribution in [3.05, 3.63) is 71.8 Å². The molecule has 2 rings (SSSR count). The molecule has 1 amide bonds. The SMILES string of the molecule is C=C(C)C(=O)OCCCOc1ccc(C(=O)Nc2ccc(C#N)cc2)cc1. The molecule has 0 aliphatic rings. The van der Waals surface area contributed by atoms with E-state index in [-0.39, 0.29) is 12.5 Å². The summed E-state index contributed by atoms with van der Waals surface area (Å²) in [6, 6.07) is 15.4. The molecule has 0 atom stereocenters. The van der Waals surface area contributed by atoms with Gasteiger partial charge in [0, 0.05) is 23.2 Å². The molecule has 0 aromatic heterocycles. The van der Waals surface area contributed by atoms with Gasteiger partial charge in [-0.15, -0.1) is 0 Å². The van der Waals surface area contributed by atoms with Crippen molar-refractivity contribution >= 4 is 17.6 Å². The van der Waals surface area contributed by atoms with Crippen LogP contribution in [0, 0.1) is 11.3 Å². The number of carbonyl (C=O) groups excluding carboxylic acids is 2. The Morgan fingerprint density at radius 3 is 2.33 bits per heavy atom. The number of hydrogen-bond donors (Lipinski definition) is 1. The molecule has 0 aliphatic carbocycles. The first-order valence-electron chi connectivity index (χ1n) is 8.36. The van der Waals surface area contributed by atoms with Crippen LogP contribution < -0.4 is 10.1 Å².